The molecule has 2 heterocycles. The number of nitrogens with one attached hydrogen (secondary N) is 2. The largest absolute Gasteiger partial charge is 0.360 e. The van der Waals surface area contributed by atoms with Crippen LogP contribution in [0.5, 0.6) is 0 Å². The third kappa shape index (κ3) is 3.48. The topological polar surface area (TPSA) is 82.3 Å². The van der Waals surface area contributed by atoms with Crippen LogP contribution in [-0.2, 0) is 11.2 Å². The Morgan fingerprint density at radius 2 is 2.00 bits per heavy atom. The second kappa shape index (κ2) is 7.18. The van der Waals surface area contributed by atoms with Crippen molar-refractivity contribution in [3.8, 4) is 0 Å². The number of imide groups is 1. The zero-order valence-electron chi connectivity index (χ0n) is 16.4. The van der Waals surface area contributed by atoms with E-state index in [0.717, 1.165) is 34.2 Å². The van der Waals surface area contributed by atoms with Gasteiger partial charge in [-0.1, -0.05) is 39.0 Å². The van der Waals surface area contributed by atoms with E-state index in [4.69, 9.17) is 0 Å². The molecule has 1 aromatic carbocycles. The Kier molecular flexibility index (Phi) is 5.09. The van der Waals surface area contributed by atoms with Gasteiger partial charge in [-0.15, -0.1) is 0 Å². The summed E-state index contributed by atoms with van der Waals surface area (Å²) in [4.78, 5) is 42.2. The summed E-state index contributed by atoms with van der Waals surface area (Å²) in [5, 5.41) is 3.60. The van der Waals surface area contributed by atoms with E-state index < -0.39 is 11.6 Å². The van der Waals surface area contributed by atoms with Gasteiger partial charge in [-0.25, -0.2) is 4.79 Å². The minimum Gasteiger partial charge on any atom is -0.360 e. The van der Waals surface area contributed by atoms with Crippen LogP contribution in [-0.4, -0.2) is 39.7 Å². The molecule has 0 spiro atoms. The van der Waals surface area contributed by atoms with Gasteiger partial charge in [0.2, 0.25) is 0 Å². The van der Waals surface area contributed by atoms with Gasteiger partial charge in [0.15, 0.2) is 5.78 Å². The number of ketones is 1. The molecule has 0 unspecified atom stereocenters. The molecule has 3 amide bonds. The molecule has 27 heavy (non-hydrogen) atoms. The minimum atomic E-state index is -0.933. The number of H-pyrrole nitrogens is 1. The molecule has 2 N–H and O–H groups in total. The van der Waals surface area contributed by atoms with E-state index in [1.54, 1.807) is 13.1 Å². The lowest BCUT2D eigenvalue weighted by atomic mass is 9.92. The van der Waals surface area contributed by atoms with E-state index >= 15 is 0 Å². The first-order chi connectivity index (χ1) is 12.8. The monoisotopic (exact) mass is 369 g/mol. The van der Waals surface area contributed by atoms with Gasteiger partial charge in [-0.05, 0) is 37.7 Å². The van der Waals surface area contributed by atoms with Gasteiger partial charge >= 0.3 is 6.03 Å². The van der Waals surface area contributed by atoms with Crippen LogP contribution < -0.4 is 5.32 Å². The van der Waals surface area contributed by atoms with Crippen molar-refractivity contribution >= 4 is 28.6 Å². The number of carbonyl (C=O) groups excluding carboxylic acids is 3. The normalized spacial score (nSPS) is 20.0. The average Bonchev–Trinajstić information content (AvgIpc) is 3.15. The molecule has 0 aliphatic carbocycles. The molecule has 6 nitrogen and oxygen atoms in total. The van der Waals surface area contributed by atoms with Crippen LogP contribution in [0.3, 0.4) is 0 Å². The predicted octanol–water partition coefficient (Wildman–Crippen LogP) is 3.66. The highest BCUT2D eigenvalue weighted by molar-refractivity contribution is 6.14. The first kappa shape index (κ1) is 19.1. The minimum absolute atomic E-state index is 0.244. The summed E-state index contributed by atoms with van der Waals surface area (Å²) in [5.41, 5.74) is 1.64. The van der Waals surface area contributed by atoms with Crippen LogP contribution >= 0.6 is 0 Å². The van der Waals surface area contributed by atoms with E-state index in [-0.39, 0.29) is 18.2 Å². The van der Waals surface area contributed by atoms with Crippen molar-refractivity contribution in [1.82, 2.24) is 15.2 Å². The van der Waals surface area contributed by atoms with Gasteiger partial charge in [0.25, 0.3) is 5.91 Å². The summed E-state index contributed by atoms with van der Waals surface area (Å²) >= 11 is 0. The van der Waals surface area contributed by atoms with Crippen LogP contribution in [0.4, 0.5) is 4.79 Å². The molecule has 1 fully saturated rings. The fourth-order valence-corrected chi connectivity index (χ4v) is 3.61. The number of nitrogens with zero attached hydrogens (tertiary/aromatic N) is 1. The van der Waals surface area contributed by atoms with Crippen molar-refractivity contribution in [2.75, 3.05) is 6.54 Å². The van der Waals surface area contributed by atoms with Gasteiger partial charge < -0.3 is 10.3 Å². The maximum absolute atomic E-state index is 12.8. The number of aromatic nitrogens is 1. The number of para-hydroxylation sites is 1. The van der Waals surface area contributed by atoms with Gasteiger partial charge in [0.05, 0.1) is 6.54 Å². The number of rotatable bonds is 7. The number of hydrogen-bond donors (Lipinski definition) is 2. The summed E-state index contributed by atoms with van der Waals surface area (Å²) < 4.78 is 0. The van der Waals surface area contributed by atoms with Crippen LogP contribution in [0.2, 0.25) is 0 Å². The molecule has 1 aromatic heterocycles. The number of hydrogen-bond acceptors (Lipinski definition) is 3. The molecule has 1 saturated heterocycles. The summed E-state index contributed by atoms with van der Waals surface area (Å²) in [6.45, 7) is 7.70. The Morgan fingerprint density at radius 3 is 2.67 bits per heavy atom. The van der Waals surface area contributed by atoms with Crippen molar-refractivity contribution < 1.29 is 14.4 Å². The zero-order chi connectivity index (χ0) is 19.8. The van der Waals surface area contributed by atoms with E-state index in [1.807, 2.05) is 18.2 Å². The maximum atomic E-state index is 12.8. The number of aromatic amines is 1. The molecule has 2 aromatic rings. The average molecular weight is 369 g/mol. The fourth-order valence-electron chi connectivity index (χ4n) is 3.61. The second-order valence-corrected chi connectivity index (χ2v) is 7.90. The third-order valence-electron chi connectivity index (χ3n) is 5.35. The van der Waals surface area contributed by atoms with E-state index in [1.165, 1.54) is 0 Å². The van der Waals surface area contributed by atoms with E-state index in [9.17, 15) is 14.4 Å². The van der Waals surface area contributed by atoms with Gasteiger partial charge in [-0.2, -0.15) is 0 Å². The highest BCUT2D eigenvalue weighted by Gasteiger charge is 2.47. The smallest absolute Gasteiger partial charge is 0.325 e. The molecule has 144 valence electrons. The second-order valence-electron chi connectivity index (χ2n) is 7.90. The van der Waals surface area contributed by atoms with Gasteiger partial charge in [0, 0.05) is 22.7 Å². The molecule has 3 rings (SSSR count). The molecule has 0 bridgehead atoms. The number of amides is 3. The summed E-state index contributed by atoms with van der Waals surface area (Å²) in [6.07, 6.45) is 3.91. The quantitative estimate of drug-likeness (QED) is 0.577. The first-order valence-corrected chi connectivity index (χ1v) is 9.53. The van der Waals surface area contributed by atoms with Crippen LogP contribution in [0.1, 0.15) is 56.5 Å². The molecule has 1 aliphatic heterocycles. The molecule has 1 aliphatic rings. The lowest BCUT2D eigenvalue weighted by molar-refractivity contribution is -0.130. The molecular formula is C21H27N3O3. The summed E-state index contributed by atoms with van der Waals surface area (Å²) in [5.74, 6) is -0.136. The molecule has 1 atom stereocenters. The van der Waals surface area contributed by atoms with Crippen molar-refractivity contribution in [3.63, 3.8) is 0 Å². The zero-order valence-corrected chi connectivity index (χ0v) is 16.4. The number of fused-ring (bicyclic) bond motifs is 1. The van der Waals surface area contributed by atoms with Crippen LogP contribution in [0.15, 0.2) is 24.4 Å². The Balaban J connectivity index is 1.80. The standard InChI is InChI=1S/C21H27N3O3/c1-5-14-7-6-8-15-16(11-22-18(14)15)17(25)12-24-19(26)21(4,23-20(24)27)10-9-13(2)3/h6-8,11,13,22H,5,9-10,12H2,1-4H3,(H,23,27)/t21-/m1/s1. The van der Waals surface area contributed by atoms with Crippen LogP contribution in [0, 0.1) is 5.92 Å². The highest BCUT2D eigenvalue weighted by Crippen LogP contribution is 2.26. The van der Waals surface area contributed by atoms with Crippen LogP contribution in [0.25, 0.3) is 10.9 Å². The van der Waals surface area contributed by atoms with Crippen molar-refractivity contribution in [2.24, 2.45) is 5.92 Å². The van der Waals surface area contributed by atoms with Crippen molar-refractivity contribution in [2.45, 2.75) is 52.5 Å². The number of urea groups is 1. The molecular weight excluding hydrogens is 342 g/mol. The molecule has 6 heteroatoms. The Morgan fingerprint density at radius 1 is 1.26 bits per heavy atom. The Bertz CT molecular complexity index is 899. The molecule has 0 saturated carbocycles. The lowest BCUT2D eigenvalue weighted by Gasteiger charge is -2.22. The van der Waals surface area contributed by atoms with Gasteiger partial charge in [0.1, 0.15) is 5.54 Å². The third-order valence-corrected chi connectivity index (χ3v) is 5.35. The Labute approximate surface area is 159 Å². The van der Waals surface area contributed by atoms with E-state index in [2.05, 4.69) is 31.1 Å². The SMILES string of the molecule is CCc1cccc2c(C(=O)CN3C(=O)N[C@](C)(CCC(C)C)C3=O)c[nH]c12. The fraction of sp³-hybridized carbons (Fsp3) is 0.476. The Hall–Kier alpha value is -2.63. The van der Waals surface area contributed by atoms with Crippen molar-refractivity contribution in [1.29, 1.82) is 0 Å². The molecule has 0 radical (unpaired) electrons. The number of carbonyl (C=O) groups is 3. The van der Waals surface area contributed by atoms with Crippen molar-refractivity contribution in [3.05, 3.63) is 35.5 Å². The number of Topliss-reactive ketones (excluding diaryl/α,β-unsaturated/α-hetero) is 1. The highest BCUT2D eigenvalue weighted by atomic mass is 16.2. The number of aryl methyl sites for hydroxylation is 1. The maximum Gasteiger partial charge on any atom is 0.325 e. The first-order valence-electron chi connectivity index (χ1n) is 9.53. The summed E-state index contributed by atoms with van der Waals surface area (Å²) in [6, 6.07) is 5.33. The van der Waals surface area contributed by atoms with Gasteiger partial charge in [-0.3, -0.25) is 14.5 Å². The summed E-state index contributed by atoms with van der Waals surface area (Å²) in [7, 11) is 0. The predicted molar refractivity (Wildman–Crippen MR) is 105 cm³/mol. The number of benzene rings is 1. The lowest BCUT2D eigenvalue weighted by Crippen LogP contribution is -2.44. The van der Waals surface area contributed by atoms with E-state index in [0.29, 0.717) is 17.9 Å².